The maximum atomic E-state index is 5.39. The van der Waals surface area contributed by atoms with Crippen molar-refractivity contribution in [2.75, 3.05) is 12.1 Å². The van der Waals surface area contributed by atoms with Crippen molar-refractivity contribution in [2.24, 2.45) is 7.05 Å². The SMILES string of the molecule is Cn1c(NCc2ccc3c(c2)OCO3)nc2ccccc21. The number of hydrogen-bond donors (Lipinski definition) is 1. The minimum atomic E-state index is 0.303. The van der Waals surface area contributed by atoms with Crippen molar-refractivity contribution in [3.63, 3.8) is 0 Å². The first kappa shape index (κ1) is 12.1. The van der Waals surface area contributed by atoms with Gasteiger partial charge in [-0.15, -0.1) is 0 Å². The Morgan fingerprint density at radius 1 is 1.14 bits per heavy atom. The minimum Gasteiger partial charge on any atom is -0.454 e. The Hall–Kier alpha value is -2.69. The van der Waals surface area contributed by atoms with Gasteiger partial charge in [-0.25, -0.2) is 4.98 Å². The molecule has 106 valence electrons. The number of imidazole rings is 1. The molecule has 1 aromatic heterocycles. The van der Waals surface area contributed by atoms with Gasteiger partial charge in [-0.3, -0.25) is 0 Å². The molecule has 0 fully saturated rings. The number of nitrogens with zero attached hydrogens (tertiary/aromatic N) is 2. The fraction of sp³-hybridized carbons (Fsp3) is 0.188. The van der Waals surface area contributed by atoms with Crippen LogP contribution in [-0.4, -0.2) is 16.3 Å². The van der Waals surface area contributed by atoms with Gasteiger partial charge in [0.05, 0.1) is 11.0 Å². The van der Waals surface area contributed by atoms with Gasteiger partial charge in [0.2, 0.25) is 12.7 Å². The molecular formula is C16H15N3O2. The summed E-state index contributed by atoms with van der Waals surface area (Å²) >= 11 is 0. The summed E-state index contributed by atoms with van der Waals surface area (Å²) in [6.07, 6.45) is 0. The largest absolute Gasteiger partial charge is 0.454 e. The topological polar surface area (TPSA) is 48.3 Å². The third-order valence-electron chi connectivity index (χ3n) is 3.67. The van der Waals surface area contributed by atoms with Crippen LogP contribution in [0.5, 0.6) is 11.5 Å². The molecule has 0 atom stereocenters. The first-order valence-electron chi connectivity index (χ1n) is 6.85. The summed E-state index contributed by atoms with van der Waals surface area (Å²) in [6, 6.07) is 14.1. The van der Waals surface area contributed by atoms with Gasteiger partial charge in [-0.05, 0) is 29.8 Å². The Balaban J connectivity index is 1.57. The van der Waals surface area contributed by atoms with E-state index in [1.54, 1.807) is 0 Å². The zero-order valence-electron chi connectivity index (χ0n) is 11.7. The summed E-state index contributed by atoms with van der Waals surface area (Å²) in [4.78, 5) is 4.60. The Bertz CT molecular complexity index is 810. The van der Waals surface area contributed by atoms with Crippen molar-refractivity contribution in [1.82, 2.24) is 9.55 Å². The number of fused-ring (bicyclic) bond motifs is 2. The van der Waals surface area contributed by atoms with Crippen LogP contribution >= 0.6 is 0 Å². The molecule has 0 saturated carbocycles. The van der Waals surface area contributed by atoms with E-state index in [9.17, 15) is 0 Å². The quantitative estimate of drug-likeness (QED) is 0.802. The standard InChI is InChI=1S/C16H15N3O2/c1-19-13-5-3-2-4-12(13)18-16(19)17-9-11-6-7-14-15(8-11)21-10-20-14/h2-8H,9-10H2,1H3,(H,17,18). The van der Waals surface area contributed by atoms with Crippen LogP contribution < -0.4 is 14.8 Å². The fourth-order valence-corrected chi connectivity index (χ4v) is 2.54. The Morgan fingerprint density at radius 2 is 2.00 bits per heavy atom. The van der Waals surface area contributed by atoms with Gasteiger partial charge in [0.1, 0.15) is 0 Å². The second kappa shape index (κ2) is 4.70. The van der Waals surface area contributed by atoms with Crippen LogP contribution in [0.2, 0.25) is 0 Å². The number of para-hydroxylation sites is 2. The summed E-state index contributed by atoms with van der Waals surface area (Å²) in [6.45, 7) is 0.991. The number of ether oxygens (including phenoxy) is 2. The molecule has 5 heteroatoms. The fourth-order valence-electron chi connectivity index (χ4n) is 2.54. The second-order valence-corrected chi connectivity index (χ2v) is 5.02. The molecule has 3 aromatic rings. The molecule has 0 saturated heterocycles. The van der Waals surface area contributed by atoms with E-state index < -0.39 is 0 Å². The third-order valence-corrected chi connectivity index (χ3v) is 3.67. The lowest BCUT2D eigenvalue weighted by atomic mass is 10.2. The number of anilines is 1. The van der Waals surface area contributed by atoms with E-state index in [2.05, 4.69) is 20.9 Å². The second-order valence-electron chi connectivity index (χ2n) is 5.02. The van der Waals surface area contributed by atoms with Crippen molar-refractivity contribution in [1.29, 1.82) is 0 Å². The molecule has 4 rings (SSSR count). The highest BCUT2D eigenvalue weighted by atomic mass is 16.7. The molecule has 21 heavy (non-hydrogen) atoms. The van der Waals surface area contributed by atoms with E-state index in [1.165, 1.54) is 0 Å². The predicted octanol–water partition coefficient (Wildman–Crippen LogP) is 2.91. The molecule has 1 aliphatic rings. The van der Waals surface area contributed by atoms with Crippen LogP contribution in [0.1, 0.15) is 5.56 Å². The highest BCUT2D eigenvalue weighted by Gasteiger charge is 2.13. The summed E-state index contributed by atoms with van der Waals surface area (Å²) in [7, 11) is 2.01. The normalized spacial score (nSPS) is 12.8. The van der Waals surface area contributed by atoms with Crippen molar-refractivity contribution in [3.05, 3.63) is 48.0 Å². The van der Waals surface area contributed by atoms with E-state index in [-0.39, 0.29) is 0 Å². The molecule has 2 aromatic carbocycles. The predicted molar refractivity (Wildman–Crippen MR) is 80.6 cm³/mol. The summed E-state index contributed by atoms with van der Waals surface area (Å²) in [5.74, 6) is 2.47. The monoisotopic (exact) mass is 281 g/mol. The van der Waals surface area contributed by atoms with Gasteiger partial charge in [0.15, 0.2) is 11.5 Å². The highest BCUT2D eigenvalue weighted by Crippen LogP contribution is 2.32. The van der Waals surface area contributed by atoms with Crippen LogP contribution in [0.4, 0.5) is 5.95 Å². The van der Waals surface area contributed by atoms with Crippen LogP contribution in [0.15, 0.2) is 42.5 Å². The number of hydrogen-bond acceptors (Lipinski definition) is 4. The lowest BCUT2D eigenvalue weighted by molar-refractivity contribution is 0.174. The highest BCUT2D eigenvalue weighted by molar-refractivity contribution is 5.78. The lowest BCUT2D eigenvalue weighted by Crippen LogP contribution is -2.04. The molecule has 5 nitrogen and oxygen atoms in total. The van der Waals surface area contributed by atoms with Crippen LogP contribution in [0.3, 0.4) is 0 Å². The van der Waals surface area contributed by atoms with Gasteiger partial charge >= 0.3 is 0 Å². The summed E-state index contributed by atoms with van der Waals surface area (Å²) in [5, 5.41) is 3.37. The lowest BCUT2D eigenvalue weighted by Gasteiger charge is -2.07. The van der Waals surface area contributed by atoms with Gasteiger partial charge in [0, 0.05) is 13.6 Å². The van der Waals surface area contributed by atoms with Gasteiger partial charge < -0.3 is 19.4 Å². The maximum absolute atomic E-state index is 5.39. The van der Waals surface area contributed by atoms with Crippen LogP contribution in [-0.2, 0) is 13.6 Å². The smallest absolute Gasteiger partial charge is 0.231 e. The number of benzene rings is 2. The van der Waals surface area contributed by atoms with Gasteiger partial charge in [-0.1, -0.05) is 18.2 Å². The van der Waals surface area contributed by atoms with Crippen molar-refractivity contribution in [3.8, 4) is 11.5 Å². The van der Waals surface area contributed by atoms with E-state index in [0.29, 0.717) is 13.3 Å². The molecule has 2 heterocycles. The minimum absolute atomic E-state index is 0.303. The van der Waals surface area contributed by atoms with Crippen LogP contribution in [0, 0.1) is 0 Å². The maximum Gasteiger partial charge on any atom is 0.231 e. The average Bonchev–Trinajstić information content (AvgIpc) is 3.10. The molecule has 0 amide bonds. The van der Waals surface area contributed by atoms with Gasteiger partial charge in [-0.2, -0.15) is 0 Å². The molecular weight excluding hydrogens is 266 g/mol. The van der Waals surface area contributed by atoms with E-state index in [0.717, 1.165) is 34.0 Å². The number of rotatable bonds is 3. The van der Waals surface area contributed by atoms with E-state index >= 15 is 0 Å². The average molecular weight is 281 g/mol. The Labute approximate surface area is 122 Å². The Kier molecular flexibility index (Phi) is 2.70. The molecule has 0 unspecified atom stereocenters. The number of aryl methyl sites for hydroxylation is 1. The van der Waals surface area contributed by atoms with Crippen LogP contribution in [0.25, 0.3) is 11.0 Å². The van der Waals surface area contributed by atoms with Crippen molar-refractivity contribution in [2.45, 2.75) is 6.54 Å². The summed E-state index contributed by atoms with van der Waals surface area (Å²) in [5.41, 5.74) is 3.24. The molecule has 0 aliphatic carbocycles. The zero-order chi connectivity index (χ0) is 14.2. The third kappa shape index (κ3) is 2.07. The molecule has 0 bridgehead atoms. The molecule has 1 aliphatic heterocycles. The molecule has 0 radical (unpaired) electrons. The summed E-state index contributed by atoms with van der Waals surface area (Å²) < 4.78 is 12.8. The van der Waals surface area contributed by atoms with Crippen molar-refractivity contribution < 1.29 is 9.47 Å². The first-order valence-corrected chi connectivity index (χ1v) is 6.85. The first-order chi connectivity index (χ1) is 10.3. The van der Waals surface area contributed by atoms with E-state index in [1.807, 2.05) is 43.4 Å². The zero-order valence-corrected chi connectivity index (χ0v) is 11.7. The number of aromatic nitrogens is 2. The number of nitrogens with one attached hydrogen (secondary N) is 1. The van der Waals surface area contributed by atoms with E-state index in [4.69, 9.17) is 9.47 Å². The van der Waals surface area contributed by atoms with Gasteiger partial charge in [0.25, 0.3) is 0 Å². The molecule has 0 spiro atoms. The Morgan fingerprint density at radius 3 is 2.90 bits per heavy atom. The van der Waals surface area contributed by atoms with Crippen molar-refractivity contribution >= 4 is 17.0 Å². The molecule has 1 N–H and O–H groups in total.